The third-order valence-corrected chi connectivity index (χ3v) is 6.62. The summed E-state index contributed by atoms with van der Waals surface area (Å²) in [5.41, 5.74) is 2.98. The van der Waals surface area contributed by atoms with Crippen LogP contribution in [0.25, 0.3) is 6.08 Å². The number of nitrogens with zero attached hydrogens (tertiary/aromatic N) is 1. The summed E-state index contributed by atoms with van der Waals surface area (Å²) in [7, 11) is 0. The van der Waals surface area contributed by atoms with Gasteiger partial charge < -0.3 is 4.74 Å². The Hall–Kier alpha value is -3.00. The Morgan fingerprint density at radius 3 is 2.50 bits per heavy atom. The number of ether oxygens (including phenoxy) is 1. The van der Waals surface area contributed by atoms with Gasteiger partial charge in [0.2, 0.25) is 0 Å². The van der Waals surface area contributed by atoms with Gasteiger partial charge in [0.25, 0.3) is 11.8 Å². The Morgan fingerprint density at radius 2 is 1.79 bits per heavy atom. The van der Waals surface area contributed by atoms with Gasteiger partial charge in [-0.05, 0) is 66.7 Å². The largest absolute Gasteiger partial charge is 0.494 e. The lowest BCUT2D eigenvalue weighted by Gasteiger charge is -2.28. The van der Waals surface area contributed by atoms with Gasteiger partial charge in [-0.3, -0.25) is 19.8 Å². The molecule has 0 radical (unpaired) electrons. The van der Waals surface area contributed by atoms with Crippen molar-refractivity contribution in [3.05, 3.63) is 98.5 Å². The molecule has 0 aromatic heterocycles. The molecule has 4 rings (SSSR count). The van der Waals surface area contributed by atoms with Crippen molar-refractivity contribution in [2.75, 3.05) is 11.5 Å². The molecule has 172 valence electrons. The summed E-state index contributed by atoms with van der Waals surface area (Å²) in [6.07, 6.45) is 2.06. The standard InChI is InChI=1S/C26H20BrClN2O3S/c1-2-33-23-14-16(13-22(28)19(23)15-17-8-6-7-11-21(17)27)12-20-24(31)29-26(34)30(25(20)32)18-9-4-3-5-10-18/h3-14H,2,15H2,1H3,(H,29,31,34)/b20-12-. The van der Waals surface area contributed by atoms with Crippen LogP contribution >= 0.6 is 39.7 Å². The zero-order valence-corrected chi connectivity index (χ0v) is 21.3. The van der Waals surface area contributed by atoms with E-state index in [1.54, 1.807) is 36.4 Å². The third-order valence-electron chi connectivity index (χ3n) is 5.23. The first kappa shape index (κ1) is 24.1. The quantitative estimate of drug-likeness (QED) is 0.233. The van der Waals surface area contributed by atoms with E-state index in [1.807, 2.05) is 37.3 Å². The average Bonchev–Trinajstić information content (AvgIpc) is 2.81. The second kappa shape index (κ2) is 10.5. The van der Waals surface area contributed by atoms with Crippen molar-refractivity contribution < 1.29 is 14.3 Å². The van der Waals surface area contributed by atoms with E-state index in [-0.39, 0.29) is 10.7 Å². The van der Waals surface area contributed by atoms with Crippen molar-refractivity contribution in [2.45, 2.75) is 13.3 Å². The maximum absolute atomic E-state index is 13.2. The minimum absolute atomic E-state index is 0.0372. The number of nitrogens with one attached hydrogen (secondary N) is 1. The van der Waals surface area contributed by atoms with Gasteiger partial charge in [0.1, 0.15) is 11.3 Å². The maximum atomic E-state index is 13.2. The highest BCUT2D eigenvalue weighted by atomic mass is 79.9. The lowest BCUT2D eigenvalue weighted by molar-refractivity contribution is -0.122. The zero-order valence-electron chi connectivity index (χ0n) is 18.2. The van der Waals surface area contributed by atoms with Crippen LogP contribution in [0.5, 0.6) is 5.75 Å². The number of hydrogen-bond donors (Lipinski definition) is 1. The van der Waals surface area contributed by atoms with Crippen molar-refractivity contribution in [2.24, 2.45) is 0 Å². The van der Waals surface area contributed by atoms with Crippen LogP contribution in [-0.4, -0.2) is 23.5 Å². The fourth-order valence-electron chi connectivity index (χ4n) is 3.64. The molecule has 1 saturated heterocycles. The van der Waals surface area contributed by atoms with Gasteiger partial charge in [-0.25, -0.2) is 0 Å². The van der Waals surface area contributed by atoms with E-state index >= 15 is 0 Å². The topological polar surface area (TPSA) is 58.6 Å². The SMILES string of the molecule is CCOc1cc(/C=C2/C(=O)NC(=S)N(c3ccccc3)C2=O)cc(Cl)c1Cc1ccccc1Br. The fraction of sp³-hybridized carbons (Fsp3) is 0.115. The van der Waals surface area contributed by atoms with Crippen LogP contribution in [0.15, 0.2) is 76.8 Å². The molecule has 3 aromatic carbocycles. The molecule has 3 aromatic rings. The molecular formula is C26H20BrClN2O3S. The Kier molecular flexibility index (Phi) is 7.46. The number of halogens is 2. The van der Waals surface area contributed by atoms with E-state index < -0.39 is 11.8 Å². The van der Waals surface area contributed by atoms with Crippen LogP contribution in [0.2, 0.25) is 5.02 Å². The smallest absolute Gasteiger partial charge is 0.270 e. The van der Waals surface area contributed by atoms with Crippen LogP contribution in [0.1, 0.15) is 23.6 Å². The molecule has 0 unspecified atom stereocenters. The van der Waals surface area contributed by atoms with Crippen molar-refractivity contribution in [1.29, 1.82) is 0 Å². The lowest BCUT2D eigenvalue weighted by atomic mass is 10.0. The van der Waals surface area contributed by atoms with Crippen LogP contribution in [-0.2, 0) is 16.0 Å². The molecule has 34 heavy (non-hydrogen) atoms. The van der Waals surface area contributed by atoms with E-state index in [4.69, 9.17) is 28.6 Å². The number of carbonyl (C=O) groups is 2. The van der Waals surface area contributed by atoms with Crippen molar-refractivity contribution in [3.63, 3.8) is 0 Å². The van der Waals surface area contributed by atoms with E-state index in [1.165, 1.54) is 11.0 Å². The van der Waals surface area contributed by atoms with Gasteiger partial charge in [-0.15, -0.1) is 0 Å². The van der Waals surface area contributed by atoms with E-state index in [2.05, 4.69) is 21.2 Å². The second-order valence-corrected chi connectivity index (χ2v) is 9.12. The van der Waals surface area contributed by atoms with Gasteiger partial charge in [0.05, 0.1) is 12.3 Å². The Balaban J connectivity index is 1.73. The predicted molar refractivity (Wildman–Crippen MR) is 142 cm³/mol. The van der Waals surface area contributed by atoms with E-state index in [0.717, 1.165) is 15.6 Å². The number of rotatable bonds is 6. The Morgan fingerprint density at radius 1 is 1.09 bits per heavy atom. The molecule has 1 aliphatic heterocycles. The molecule has 0 spiro atoms. The first-order valence-corrected chi connectivity index (χ1v) is 12.1. The first-order chi connectivity index (χ1) is 16.4. The third kappa shape index (κ3) is 5.06. The molecule has 1 fully saturated rings. The first-order valence-electron chi connectivity index (χ1n) is 10.5. The fourth-order valence-corrected chi connectivity index (χ4v) is 4.63. The number of anilines is 1. The molecule has 0 aliphatic carbocycles. The normalized spacial score (nSPS) is 15.0. The molecule has 0 bridgehead atoms. The minimum Gasteiger partial charge on any atom is -0.494 e. The number of carbonyl (C=O) groups excluding carboxylic acids is 2. The minimum atomic E-state index is -0.562. The van der Waals surface area contributed by atoms with E-state index in [0.29, 0.717) is 35.1 Å². The molecule has 1 N–H and O–H groups in total. The predicted octanol–water partition coefficient (Wildman–Crippen LogP) is 5.92. The van der Waals surface area contributed by atoms with Gasteiger partial charge in [0.15, 0.2) is 5.11 Å². The van der Waals surface area contributed by atoms with Gasteiger partial charge in [0, 0.05) is 21.5 Å². The van der Waals surface area contributed by atoms with Crippen LogP contribution in [0, 0.1) is 0 Å². The monoisotopic (exact) mass is 554 g/mol. The average molecular weight is 556 g/mol. The molecule has 5 nitrogen and oxygen atoms in total. The molecule has 1 heterocycles. The van der Waals surface area contributed by atoms with Crippen LogP contribution in [0.3, 0.4) is 0 Å². The van der Waals surface area contributed by atoms with Gasteiger partial charge in [-0.1, -0.05) is 63.9 Å². The Bertz CT molecular complexity index is 1310. The zero-order chi connectivity index (χ0) is 24.2. The summed E-state index contributed by atoms with van der Waals surface area (Å²) < 4.78 is 6.85. The van der Waals surface area contributed by atoms with Gasteiger partial charge in [-0.2, -0.15) is 0 Å². The number of hydrogen-bond acceptors (Lipinski definition) is 4. The summed E-state index contributed by atoms with van der Waals surface area (Å²) in [6.45, 7) is 2.33. The maximum Gasteiger partial charge on any atom is 0.270 e. The van der Waals surface area contributed by atoms with Gasteiger partial charge >= 0.3 is 0 Å². The number of para-hydroxylation sites is 1. The lowest BCUT2D eigenvalue weighted by Crippen LogP contribution is -2.54. The number of benzene rings is 3. The molecule has 2 amide bonds. The van der Waals surface area contributed by atoms with E-state index in [9.17, 15) is 9.59 Å². The molecule has 8 heteroatoms. The number of amides is 2. The Labute approximate surface area is 216 Å². The van der Waals surface area contributed by atoms with Crippen molar-refractivity contribution in [1.82, 2.24) is 5.32 Å². The summed E-state index contributed by atoms with van der Waals surface area (Å²) in [5, 5.41) is 3.11. The number of thiocarbonyl (C=S) groups is 1. The van der Waals surface area contributed by atoms with Crippen LogP contribution in [0.4, 0.5) is 5.69 Å². The summed E-state index contributed by atoms with van der Waals surface area (Å²) in [6, 6.07) is 20.3. The summed E-state index contributed by atoms with van der Waals surface area (Å²) in [4.78, 5) is 27.2. The van der Waals surface area contributed by atoms with Crippen molar-refractivity contribution in [3.8, 4) is 5.75 Å². The highest BCUT2D eigenvalue weighted by molar-refractivity contribution is 9.10. The summed E-state index contributed by atoms with van der Waals surface area (Å²) in [5.74, 6) is -0.475. The second-order valence-electron chi connectivity index (χ2n) is 7.47. The van der Waals surface area contributed by atoms with Crippen molar-refractivity contribution >= 4 is 68.4 Å². The molecule has 1 aliphatic rings. The molecular weight excluding hydrogens is 536 g/mol. The highest BCUT2D eigenvalue weighted by Crippen LogP contribution is 2.34. The summed E-state index contributed by atoms with van der Waals surface area (Å²) >= 11 is 15.5. The molecule has 0 saturated carbocycles. The highest BCUT2D eigenvalue weighted by Gasteiger charge is 2.34. The van der Waals surface area contributed by atoms with Crippen LogP contribution < -0.4 is 15.0 Å². The molecule has 0 atom stereocenters.